The number of carbonyl (C=O) groups excluding carboxylic acids is 1. The fourth-order valence-electron chi connectivity index (χ4n) is 4.43. The molecule has 2 aromatic rings. The van der Waals surface area contributed by atoms with Gasteiger partial charge in [0.2, 0.25) is 10.0 Å². The fraction of sp³-hybridized carbons (Fsp3) is 0.455. The Morgan fingerprint density at radius 1 is 1.06 bits per heavy atom. The molecule has 1 aromatic carbocycles. The highest BCUT2D eigenvalue weighted by molar-refractivity contribution is 7.93. The second kappa shape index (κ2) is 8.31. The summed E-state index contributed by atoms with van der Waals surface area (Å²) >= 11 is 0. The van der Waals surface area contributed by atoms with E-state index >= 15 is 0 Å². The zero-order chi connectivity index (χ0) is 23.2. The van der Waals surface area contributed by atoms with Crippen LogP contribution in [-0.2, 0) is 10.0 Å². The minimum Gasteiger partial charge on any atom is -0.353 e. The number of amides is 1. The van der Waals surface area contributed by atoms with E-state index in [1.807, 2.05) is 24.8 Å². The Bertz CT molecular complexity index is 1140. The number of aryl methyl sites for hydroxylation is 2. The van der Waals surface area contributed by atoms with Crippen molar-refractivity contribution in [1.29, 1.82) is 0 Å². The number of carbonyl (C=O) groups is 1. The highest BCUT2D eigenvalue weighted by atomic mass is 32.2. The summed E-state index contributed by atoms with van der Waals surface area (Å²) < 4.78 is 55.2. The number of nitrogens with zero attached hydrogens (tertiary/aromatic N) is 4. The van der Waals surface area contributed by atoms with Crippen molar-refractivity contribution in [3.63, 3.8) is 0 Å². The summed E-state index contributed by atoms with van der Waals surface area (Å²) in [7, 11) is -3.62. The van der Waals surface area contributed by atoms with Gasteiger partial charge in [0.1, 0.15) is 23.0 Å². The molecule has 0 N–H and O–H groups in total. The van der Waals surface area contributed by atoms with Gasteiger partial charge in [0, 0.05) is 38.4 Å². The fourth-order valence-corrected chi connectivity index (χ4v) is 6.35. The van der Waals surface area contributed by atoms with E-state index in [9.17, 15) is 22.0 Å². The Labute approximate surface area is 186 Å². The lowest BCUT2D eigenvalue weighted by atomic mass is 10.1. The largest absolute Gasteiger partial charge is 0.353 e. The lowest BCUT2D eigenvalue weighted by Crippen LogP contribution is -2.49. The van der Waals surface area contributed by atoms with Crippen LogP contribution >= 0.6 is 0 Å². The van der Waals surface area contributed by atoms with Crippen molar-refractivity contribution in [2.24, 2.45) is 0 Å². The molecular formula is C22H26F2N4O3S. The highest BCUT2D eigenvalue weighted by Gasteiger charge is 2.36. The average molecular weight is 465 g/mol. The highest BCUT2D eigenvalue weighted by Crippen LogP contribution is 2.32. The van der Waals surface area contributed by atoms with Gasteiger partial charge in [0.15, 0.2) is 0 Å². The van der Waals surface area contributed by atoms with Gasteiger partial charge in [-0.15, -0.1) is 0 Å². The minimum absolute atomic E-state index is 0.0717. The maximum Gasteiger partial charge on any atom is 0.259 e. The minimum atomic E-state index is -3.62. The van der Waals surface area contributed by atoms with Crippen LogP contribution in [-0.4, -0.2) is 62.2 Å². The van der Waals surface area contributed by atoms with E-state index in [-0.39, 0.29) is 11.4 Å². The normalized spacial score (nSPS) is 20.7. The third-order valence-electron chi connectivity index (χ3n) is 6.04. The zero-order valence-electron chi connectivity index (χ0n) is 18.3. The number of halogens is 2. The van der Waals surface area contributed by atoms with E-state index in [2.05, 4.69) is 4.98 Å². The Morgan fingerprint density at radius 2 is 1.69 bits per heavy atom. The van der Waals surface area contributed by atoms with Crippen LogP contribution in [0.15, 0.2) is 24.4 Å². The van der Waals surface area contributed by atoms with Crippen molar-refractivity contribution in [3.05, 3.63) is 52.7 Å². The van der Waals surface area contributed by atoms with Crippen LogP contribution < -0.4 is 9.21 Å². The van der Waals surface area contributed by atoms with Crippen molar-refractivity contribution >= 4 is 27.4 Å². The molecule has 1 amide bonds. The molecule has 2 aliphatic rings. The smallest absolute Gasteiger partial charge is 0.259 e. The Hall–Kier alpha value is -2.75. The lowest BCUT2D eigenvalue weighted by Gasteiger charge is -2.36. The van der Waals surface area contributed by atoms with Crippen LogP contribution in [0.3, 0.4) is 0 Å². The van der Waals surface area contributed by atoms with Gasteiger partial charge in [-0.25, -0.2) is 22.2 Å². The van der Waals surface area contributed by atoms with Gasteiger partial charge in [-0.05, 0) is 50.5 Å². The standard InChI is InChI=1S/C22H26F2N4O3S/c1-14-10-15(2)21(25-13-14)26-5-7-27(8-6-26)22(29)20-18(23)11-17(12-19(20)24)28-16(3)4-9-32(28,30)31/h10-13,16H,4-9H2,1-3H3/t16-/m1/s1. The van der Waals surface area contributed by atoms with Crippen LogP contribution in [0.1, 0.15) is 34.8 Å². The number of sulfonamides is 1. The van der Waals surface area contributed by atoms with Gasteiger partial charge in [0.05, 0.1) is 11.4 Å². The predicted molar refractivity (Wildman–Crippen MR) is 119 cm³/mol. The van der Waals surface area contributed by atoms with E-state index in [1.54, 1.807) is 13.1 Å². The first-order valence-corrected chi connectivity index (χ1v) is 12.2. The zero-order valence-corrected chi connectivity index (χ0v) is 19.1. The van der Waals surface area contributed by atoms with Gasteiger partial charge in [-0.3, -0.25) is 9.10 Å². The maximum atomic E-state index is 14.9. The first-order chi connectivity index (χ1) is 15.1. The Kier molecular flexibility index (Phi) is 5.83. The van der Waals surface area contributed by atoms with E-state index in [0.717, 1.165) is 33.4 Å². The van der Waals surface area contributed by atoms with Gasteiger partial charge < -0.3 is 9.80 Å². The molecule has 2 fully saturated rings. The molecule has 172 valence electrons. The second-order valence-corrected chi connectivity index (χ2v) is 10.4. The molecule has 7 nitrogen and oxygen atoms in total. The van der Waals surface area contributed by atoms with Gasteiger partial charge in [-0.1, -0.05) is 6.07 Å². The quantitative estimate of drug-likeness (QED) is 0.699. The Balaban J connectivity index is 1.52. The van der Waals surface area contributed by atoms with Crippen LogP contribution in [0.4, 0.5) is 20.3 Å². The molecule has 0 saturated carbocycles. The molecule has 2 saturated heterocycles. The molecule has 0 unspecified atom stereocenters. The number of hydrogen-bond acceptors (Lipinski definition) is 5. The third-order valence-corrected chi connectivity index (χ3v) is 7.96. The van der Waals surface area contributed by atoms with Crippen LogP contribution in [0.2, 0.25) is 0 Å². The molecule has 4 rings (SSSR count). The summed E-state index contributed by atoms with van der Waals surface area (Å²) in [4.78, 5) is 20.8. The molecule has 0 radical (unpaired) electrons. The topological polar surface area (TPSA) is 73.8 Å². The van der Waals surface area contributed by atoms with Crippen molar-refractivity contribution in [2.75, 3.05) is 41.1 Å². The monoisotopic (exact) mass is 464 g/mol. The average Bonchev–Trinajstić information content (AvgIpc) is 3.00. The Morgan fingerprint density at radius 3 is 2.22 bits per heavy atom. The summed E-state index contributed by atoms with van der Waals surface area (Å²) in [5.41, 5.74) is 1.34. The summed E-state index contributed by atoms with van der Waals surface area (Å²) in [6.45, 7) is 7.21. The number of piperazine rings is 1. The molecule has 32 heavy (non-hydrogen) atoms. The number of aromatic nitrogens is 1. The van der Waals surface area contributed by atoms with Gasteiger partial charge >= 0.3 is 0 Å². The molecule has 1 atom stereocenters. The molecule has 1 aromatic heterocycles. The summed E-state index contributed by atoms with van der Waals surface area (Å²) in [6, 6.07) is 3.51. The molecule has 0 bridgehead atoms. The molecule has 0 aliphatic carbocycles. The molecule has 10 heteroatoms. The third kappa shape index (κ3) is 4.03. The van der Waals surface area contributed by atoms with Gasteiger partial charge in [0.25, 0.3) is 5.91 Å². The summed E-state index contributed by atoms with van der Waals surface area (Å²) in [6.07, 6.45) is 2.17. The first kappa shape index (κ1) is 22.4. The number of rotatable bonds is 3. The van der Waals surface area contributed by atoms with Crippen molar-refractivity contribution in [3.8, 4) is 0 Å². The lowest BCUT2D eigenvalue weighted by molar-refractivity contribution is 0.0736. The molecule has 3 heterocycles. The van der Waals surface area contributed by atoms with Crippen LogP contribution in [0, 0.1) is 25.5 Å². The van der Waals surface area contributed by atoms with E-state index < -0.39 is 39.2 Å². The van der Waals surface area contributed by atoms with E-state index in [4.69, 9.17) is 0 Å². The van der Waals surface area contributed by atoms with Crippen molar-refractivity contribution < 1.29 is 22.0 Å². The van der Waals surface area contributed by atoms with E-state index in [0.29, 0.717) is 32.6 Å². The number of pyridine rings is 1. The van der Waals surface area contributed by atoms with Crippen molar-refractivity contribution in [1.82, 2.24) is 9.88 Å². The SMILES string of the molecule is Cc1cnc(N2CCN(C(=O)c3c(F)cc(N4[C@H](C)CCS4(=O)=O)cc3F)CC2)c(C)c1. The number of anilines is 2. The number of benzene rings is 1. The molecular weight excluding hydrogens is 438 g/mol. The maximum absolute atomic E-state index is 14.9. The molecule has 0 spiro atoms. The summed E-state index contributed by atoms with van der Waals surface area (Å²) in [5, 5.41) is 0. The van der Waals surface area contributed by atoms with Gasteiger partial charge in [-0.2, -0.15) is 0 Å². The summed E-state index contributed by atoms with van der Waals surface area (Å²) in [5.74, 6) is -2.09. The van der Waals surface area contributed by atoms with Crippen LogP contribution in [0.5, 0.6) is 0 Å². The van der Waals surface area contributed by atoms with Crippen LogP contribution in [0.25, 0.3) is 0 Å². The second-order valence-electron chi connectivity index (χ2n) is 8.47. The van der Waals surface area contributed by atoms with E-state index in [1.165, 1.54) is 4.90 Å². The predicted octanol–water partition coefficient (Wildman–Crippen LogP) is 2.87. The van der Waals surface area contributed by atoms with Crippen molar-refractivity contribution in [2.45, 2.75) is 33.2 Å². The molecule has 2 aliphatic heterocycles. The number of hydrogen-bond donors (Lipinski definition) is 0. The first-order valence-electron chi connectivity index (χ1n) is 10.6.